The van der Waals surface area contributed by atoms with Crippen LogP contribution in [0, 0.1) is 6.92 Å². The first kappa shape index (κ1) is 18.2. The highest BCUT2D eigenvalue weighted by atomic mass is 16.5. The van der Waals surface area contributed by atoms with Crippen LogP contribution < -0.4 is 0 Å². The molecule has 4 nitrogen and oxygen atoms in total. The van der Waals surface area contributed by atoms with Crippen LogP contribution in [0.15, 0.2) is 54.6 Å². The van der Waals surface area contributed by atoms with Gasteiger partial charge in [-0.25, -0.2) is 0 Å². The smallest absolute Gasteiger partial charge is 0.233 e. The van der Waals surface area contributed by atoms with E-state index in [1.807, 2.05) is 23.1 Å². The molecule has 2 aliphatic rings. The minimum absolute atomic E-state index is 0.0593. The van der Waals surface area contributed by atoms with Crippen LogP contribution in [-0.4, -0.2) is 43.7 Å². The van der Waals surface area contributed by atoms with E-state index in [1.54, 1.807) is 0 Å². The Hall–Kier alpha value is -2.17. The van der Waals surface area contributed by atoms with Crippen molar-refractivity contribution in [1.29, 1.82) is 0 Å². The van der Waals surface area contributed by atoms with Crippen molar-refractivity contribution in [3.63, 3.8) is 0 Å². The molecule has 2 aromatic carbocycles. The summed E-state index contributed by atoms with van der Waals surface area (Å²) in [5.74, 6) is 0.220. The molecular formula is C23H27NO3. The normalized spacial score (nSPS) is 22.4. The van der Waals surface area contributed by atoms with Gasteiger partial charge in [-0.3, -0.25) is 4.79 Å². The Balaban J connectivity index is 1.58. The third kappa shape index (κ3) is 3.64. The maximum atomic E-state index is 13.7. The average molecular weight is 365 g/mol. The van der Waals surface area contributed by atoms with Gasteiger partial charge in [-0.2, -0.15) is 0 Å². The van der Waals surface area contributed by atoms with Crippen LogP contribution in [-0.2, 0) is 19.7 Å². The van der Waals surface area contributed by atoms with Gasteiger partial charge in [0.25, 0.3) is 0 Å². The Bertz CT molecular complexity index is 766. The van der Waals surface area contributed by atoms with Crippen molar-refractivity contribution in [2.24, 2.45) is 0 Å². The Morgan fingerprint density at radius 1 is 1.00 bits per heavy atom. The lowest BCUT2D eigenvalue weighted by atomic mass is 9.73. The van der Waals surface area contributed by atoms with Gasteiger partial charge < -0.3 is 14.4 Å². The molecule has 2 aromatic rings. The molecule has 0 saturated carbocycles. The summed E-state index contributed by atoms with van der Waals surface area (Å²) in [6, 6.07) is 18.6. The summed E-state index contributed by atoms with van der Waals surface area (Å²) in [4.78, 5) is 15.7. The van der Waals surface area contributed by atoms with Gasteiger partial charge in [-0.15, -0.1) is 0 Å². The van der Waals surface area contributed by atoms with E-state index in [0.717, 1.165) is 24.0 Å². The number of ether oxygens (including phenoxy) is 2. The van der Waals surface area contributed by atoms with Crippen LogP contribution in [0.5, 0.6) is 0 Å². The fourth-order valence-electron chi connectivity index (χ4n) is 4.22. The molecule has 0 N–H and O–H groups in total. The fourth-order valence-corrected chi connectivity index (χ4v) is 4.22. The maximum Gasteiger partial charge on any atom is 0.233 e. The largest absolute Gasteiger partial charge is 0.381 e. The molecule has 2 aliphatic heterocycles. The lowest BCUT2D eigenvalue weighted by molar-refractivity contribution is -0.149. The highest BCUT2D eigenvalue weighted by Gasteiger charge is 2.45. The highest BCUT2D eigenvalue weighted by Crippen LogP contribution is 2.38. The Labute approximate surface area is 161 Å². The molecule has 2 saturated heterocycles. The standard InChI is InChI=1S/C23H27NO3/c1-18-7-9-19(10-8-18)21-17-24(13-16-27-21)22(25)23(11-14-26-15-12-23)20-5-3-2-4-6-20/h2-10,21H,11-17H2,1H3. The van der Waals surface area contributed by atoms with E-state index in [4.69, 9.17) is 9.47 Å². The van der Waals surface area contributed by atoms with E-state index in [1.165, 1.54) is 5.56 Å². The van der Waals surface area contributed by atoms with Crippen LogP contribution >= 0.6 is 0 Å². The van der Waals surface area contributed by atoms with Gasteiger partial charge in [0, 0.05) is 19.8 Å². The quantitative estimate of drug-likeness (QED) is 0.833. The topological polar surface area (TPSA) is 38.8 Å². The van der Waals surface area contributed by atoms with E-state index >= 15 is 0 Å². The lowest BCUT2D eigenvalue weighted by Crippen LogP contribution is -2.53. The first-order valence-electron chi connectivity index (χ1n) is 9.80. The van der Waals surface area contributed by atoms with E-state index in [0.29, 0.717) is 32.9 Å². The molecule has 0 radical (unpaired) electrons. The van der Waals surface area contributed by atoms with Crippen LogP contribution in [0.25, 0.3) is 0 Å². The van der Waals surface area contributed by atoms with E-state index in [9.17, 15) is 4.79 Å². The average Bonchev–Trinajstić information content (AvgIpc) is 2.75. The number of amides is 1. The zero-order valence-corrected chi connectivity index (χ0v) is 15.9. The number of nitrogens with zero attached hydrogens (tertiary/aromatic N) is 1. The molecule has 27 heavy (non-hydrogen) atoms. The number of aryl methyl sites for hydroxylation is 1. The van der Waals surface area contributed by atoms with E-state index in [2.05, 4.69) is 43.3 Å². The molecule has 0 aromatic heterocycles. The molecule has 0 bridgehead atoms. The van der Waals surface area contributed by atoms with Crippen molar-refractivity contribution in [2.45, 2.75) is 31.3 Å². The van der Waals surface area contributed by atoms with Gasteiger partial charge in [0.05, 0.1) is 18.6 Å². The van der Waals surface area contributed by atoms with Crippen LogP contribution in [0.3, 0.4) is 0 Å². The molecule has 1 unspecified atom stereocenters. The maximum absolute atomic E-state index is 13.7. The summed E-state index contributed by atoms with van der Waals surface area (Å²) in [7, 11) is 0. The van der Waals surface area contributed by atoms with Gasteiger partial charge >= 0.3 is 0 Å². The zero-order valence-electron chi connectivity index (χ0n) is 15.9. The molecule has 1 atom stereocenters. The second-order valence-electron chi connectivity index (χ2n) is 7.58. The summed E-state index contributed by atoms with van der Waals surface area (Å²) in [6.45, 7) is 5.18. The third-order valence-electron chi connectivity index (χ3n) is 5.88. The van der Waals surface area contributed by atoms with Crippen molar-refractivity contribution in [2.75, 3.05) is 32.9 Å². The van der Waals surface area contributed by atoms with Crippen molar-refractivity contribution in [1.82, 2.24) is 4.90 Å². The SMILES string of the molecule is Cc1ccc(C2CN(C(=O)C3(c4ccccc4)CCOCC3)CCO2)cc1. The second-order valence-corrected chi connectivity index (χ2v) is 7.58. The first-order chi connectivity index (χ1) is 13.2. The number of benzene rings is 2. The van der Waals surface area contributed by atoms with Gasteiger partial charge in [0.1, 0.15) is 6.10 Å². The number of morpholine rings is 1. The molecule has 2 fully saturated rings. The minimum Gasteiger partial charge on any atom is -0.381 e. The first-order valence-corrected chi connectivity index (χ1v) is 9.80. The molecule has 1 amide bonds. The van der Waals surface area contributed by atoms with Gasteiger partial charge in [-0.1, -0.05) is 60.2 Å². The summed E-state index contributed by atoms with van der Waals surface area (Å²) in [5, 5.41) is 0. The van der Waals surface area contributed by atoms with Crippen molar-refractivity contribution in [3.05, 3.63) is 71.3 Å². The minimum atomic E-state index is -0.478. The zero-order chi connectivity index (χ0) is 18.7. The molecular weight excluding hydrogens is 338 g/mol. The van der Waals surface area contributed by atoms with Gasteiger partial charge in [0.15, 0.2) is 0 Å². The molecule has 142 valence electrons. The summed E-state index contributed by atoms with van der Waals surface area (Å²) >= 11 is 0. The van der Waals surface area contributed by atoms with Crippen molar-refractivity contribution >= 4 is 5.91 Å². The van der Waals surface area contributed by atoms with Crippen molar-refractivity contribution < 1.29 is 14.3 Å². The highest BCUT2D eigenvalue weighted by molar-refractivity contribution is 5.88. The number of rotatable bonds is 3. The molecule has 4 heteroatoms. The lowest BCUT2D eigenvalue weighted by Gasteiger charge is -2.42. The molecule has 4 rings (SSSR count). The number of carbonyl (C=O) groups is 1. The van der Waals surface area contributed by atoms with Crippen LogP contribution in [0.2, 0.25) is 0 Å². The molecule has 0 spiro atoms. The van der Waals surface area contributed by atoms with E-state index < -0.39 is 5.41 Å². The van der Waals surface area contributed by atoms with Gasteiger partial charge in [-0.05, 0) is 30.9 Å². The summed E-state index contributed by atoms with van der Waals surface area (Å²) < 4.78 is 11.6. The number of hydrogen-bond acceptors (Lipinski definition) is 3. The Morgan fingerprint density at radius 2 is 1.70 bits per heavy atom. The Kier molecular flexibility index (Phi) is 5.28. The second kappa shape index (κ2) is 7.83. The number of carbonyl (C=O) groups excluding carboxylic acids is 1. The van der Waals surface area contributed by atoms with E-state index in [-0.39, 0.29) is 12.0 Å². The molecule has 0 aliphatic carbocycles. The number of hydrogen-bond donors (Lipinski definition) is 0. The summed E-state index contributed by atoms with van der Waals surface area (Å²) in [6.07, 6.45) is 1.42. The van der Waals surface area contributed by atoms with Crippen LogP contribution in [0.4, 0.5) is 0 Å². The monoisotopic (exact) mass is 365 g/mol. The molecule has 2 heterocycles. The third-order valence-corrected chi connectivity index (χ3v) is 5.88. The van der Waals surface area contributed by atoms with Gasteiger partial charge in [0.2, 0.25) is 5.91 Å². The predicted octanol–water partition coefficient (Wildman–Crippen LogP) is 3.64. The Morgan fingerprint density at radius 3 is 2.41 bits per heavy atom. The predicted molar refractivity (Wildman–Crippen MR) is 105 cm³/mol. The van der Waals surface area contributed by atoms with Crippen molar-refractivity contribution in [3.8, 4) is 0 Å². The summed E-state index contributed by atoms with van der Waals surface area (Å²) in [5.41, 5.74) is 3.00. The fraction of sp³-hybridized carbons (Fsp3) is 0.435. The van der Waals surface area contributed by atoms with Crippen LogP contribution in [0.1, 0.15) is 35.6 Å².